The number of hydrogen-bond donors (Lipinski definition) is 4. The van der Waals surface area contributed by atoms with Gasteiger partial charge < -0.3 is 35.3 Å². The zero-order valence-electron chi connectivity index (χ0n) is 36.1. The number of nitrogens with one attached hydrogen (secondary N) is 3. The van der Waals surface area contributed by atoms with E-state index in [9.17, 15) is 18.0 Å². The van der Waals surface area contributed by atoms with E-state index in [0.717, 1.165) is 45.6 Å². The third-order valence-electron chi connectivity index (χ3n) is 11.1. The van der Waals surface area contributed by atoms with E-state index in [-0.39, 0.29) is 54.3 Å². The Morgan fingerprint density at radius 1 is 0.932 bits per heavy atom. The highest BCUT2D eigenvalue weighted by atomic mass is 32.2. The SMILES string of the molecule is CCOC(OCC)[C@H](CC(C)C)NC(=O)[C@H](CCCN=C(N)NS(=O)(=O)c1c(C)c(C)c2c(c1C)CCC(C)(C)O2)NC(=O)OCC1c2ccccc2-c2ccccc21. The molecule has 0 fully saturated rings. The monoisotopic (exact) mass is 833 g/mol. The van der Waals surface area contributed by atoms with Gasteiger partial charge in [-0.1, -0.05) is 62.4 Å². The molecule has 5 rings (SSSR count). The van der Waals surface area contributed by atoms with Crippen molar-refractivity contribution in [3.8, 4) is 16.9 Å². The molecule has 0 saturated heterocycles. The molecule has 0 bridgehead atoms. The lowest BCUT2D eigenvalue weighted by Gasteiger charge is -2.35. The van der Waals surface area contributed by atoms with Crippen LogP contribution in [-0.4, -0.2) is 76.7 Å². The zero-order chi connectivity index (χ0) is 43.1. The predicted octanol–water partition coefficient (Wildman–Crippen LogP) is 6.93. The Morgan fingerprint density at radius 3 is 2.14 bits per heavy atom. The largest absolute Gasteiger partial charge is 0.487 e. The van der Waals surface area contributed by atoms with Gasteiger partial charge in [0.1, 0.15) is 24.0 Å². The van der Waals surface area contributed by atoms with E-state index in [1.54, 1.807) is 13.8 Å². The second-order valence-corrected chi connectivity index (χ2v) is 18.1. The van der Waals surface area contributed by atoms with Crippen LogP contribution in [-0.2, 0) is 35.4 Å². The van der Waals surface area contributed by atoms with Crippen molar-refractivity contribution < 1.29 is 37.0 Å². The van der Waals surface area contributed by atoms with Crippen LogP contribution in [0.4, 0.5) is 4.79 Å². The van der Waals surface area contributed by atoms with E-state index in [1.165, 1.54) is 0 Å². The summed E-state index contributed by atoms with van der Waals surface area (Å²) < 4.78 is 53.8. The van der Waals surface area contributed by atoms with Gasteiger partial charge in [-0.15, -0.1) is 0 Å². The van der Waals surface area contributed by atoms with Gasteiger partial charge in [0.15, 0.2) is 6.29 Å². The Kier molecular flexibility index (Phi) is 15.1. The van der Waals surface area contributed by atoms with Gasteiger partial charge in [-0.2, -0.15) is 0 Å². The molecule has 2 aliphatic rings. The Balaban J connectivity index is 1.29. The van der Waals surface area contributed by atoms with Crippen molar-refractivity contribution in [3.05, 3.63) is 81.9 Å². The fourth-order valence-electron chi connectivity index (χ4n) is 8.16. The van der Waals surface area contributed by atoms with E-state index >= 15 is 0 Å². The first-order chi connectivity index (χ1) is 28.0. The molecule has 1 aliphatic heterocycles. The second kappa shape index (κ2) is 19.6. The minimum atomic E-state index is -4.10. The molecule has 1 aliphatic carbocycles. The molecule has 0 radical (unpaired) electrons. The molecule has 13 nitrogen and oxygen atoms in total. The molecule has 2 atom stereocenters. The summed E-state index contributed by atoms with van der Waals surface area (Å²) in [4.78, 5) is 32.0. The van der Waals surface area contributed by atoms with Gasteiger partial charge in [-0.3, -0.25) is 9.79 Å². The highest BCUT2D eigenvalue weighted by molar-refractivity contribution is 7.90. The lowest BCUT2D eigenvalue weighted by molar-refractivity contribution is -0.161. The number of sulfonamides is 1. The number of carbonyl (C=O) groups is 2. The molecule has 2 amide bonds. The van der Waals surface area contributed by atoms with Gasteiger partial charge in [0.25, 0.3) is 10.0 Å². The maximum Gasteiger partial charge on any atom is 0.407 e. The third kappa shape index (κ3) is 10.9. The van der Waals surface area contributed by atoms with Crippen molar-refractivity contribution in [1.82, 2.24) is 15.4 Å². The van der Waals surface area contributed by atoms with Crippen molar-refractivity contribution in [2.75, 3.05) is 26.4 Å². The van der Waals surface area contributed by atoms with Crippen LogP contribution in [0, 0.1) is 26.7 Å². The standard InChI is InChI=1S/C45H63N5O8S/c1-10-55-42(56-11-2)38(25-27(3)4)48-41(51)37(49-44(52)57-26-36-34-19-14-12-17-32(34)33-18-13-15-20-35(33)36)21-16-24-47-43(46)50-59(53,54)40-29(6)28(5)39-31(30(40)7)22-23-45(8,9)58-39/h12-15,17-20,27,36-38,42H,10-11,16,21-26H2,1-9H3,(H,48,51)(H,49,52)(H3,46,47,50)/t37-,38-/m0/s1. The van der Waals surface area contributed by atoms with Gasteiger partial charge >= 0.3 is 6.09 Å². The van der Waals surface area contributed by atoms with Crippen molar-refractivity contribution >= 4 is 28.0 Å². The smallest absolute Gasteiger partial charge is 0.407 e. The van der Waals surface area contributed by atoms with Crippen LogP contribution in [0.3, 0.4) is 0 Å². The number of carbonyl (C=O) groups excluding carboxylic acids is 2. The normalized spacial score (nSPS) is 15.8. The Hall–Kier alpha value is -4.66. The number of nitrogens with two attached hydrogens (primary N) is 1. The number of guanidine groups is 1. The highest BCUT2D eigenvalue weighted by Crippen LogP contribution is 2.45. The summed E-state index contributed by atoms with van der Waals surface area (Å²) >= 11 is 0. The molecule has 1 heterocycles. The van der Waals surface area contributed by atoms with E-state index < -0.39 is 40.4 Å². The van der Waals surface area contributed by atoms with Crippen molar-refractivity contribution in [2.24, 2.45) is 16.6 Å². The van der Waals surface area contributed by atoms with Crippen LogP contribution in [0.5, 0.6) is 5.75 Å². The molecule has 0 saturated carbocycles. The Labute approximate surface area is 350 Å². The summed E-state index contributed by atoms with van der Waals surface area (Å²) in [6, 6.07) is 14.6. The lowest BCUT2D eigenvalue weighted by atomic mass is 9.88. The molecule has 0 spiro atoms. The molecule has 3 aromatic carbocycles. The Bertz CT molecular complexity index is 2070. The molecule has 14 heteroatoms. The summed E-state index contributed by atoms with van der Waals surface area (Å²) in [5, 5.41) is 5.86. The molecule has 0 aromatic heterocycles. The van der Waals surface area contributed by atoms with Crippen molar-refractivity contribution in [2.45, 2.75) is 129 Å². The average molecular weight is 834 g/mol. The first-order valence-corrected chi connectivity index (χ1v) is 22.3. The number of ether oxygens (including phenoxy) is 4. The zero-order valence-corrected chi connectivity index (χ0v) is 36.9. The van der Waals surface area contributed by atoms with Crippen LogP contribution in [0.25, 0.3) is 11.1 Å². The second-order valence-electron chi connectivity index (χ2n) is 16.4. The summed E-state index contributed by atoms with van der Waals surface area (Å²) in [5.41, 5.74) is 13.0. The van der Waals surface area contributed by atoms with Crippen molar-refractivity contribution in [3.63, 3.8) is 0 Å². The van der Waals surface area contributed by atoms with E-state index in [1.807, 2.05) is 84.9 Å². The first-order valence-electron chi connectivity index (χ1n) is 20.8. The summed E-state index contributed by atoms with van der Waals surface area (Å²) in [5.74, 6) is 0.0663. The van der Waals surface area contributed by atoms with Crippen LogP contribution in [0.2, 0.25) is 0 Å². The van der Waals surface area contributed by atoms with Crippen LogP contribution in [0.1, 0.15) is 107 Å². The van der Waals surface area contributed by atoms with Crippen LogP contribution in [0.15, 0.2) is 58.4 Å². The van der Waals surface area contributed by atoms with Gasteiger partial charge in [0.2, 0.25) is 11.9 Å². The number of benzene rings is 3. The molecule has 322 valence electrons. The van der Waals surface area contributed by atoms with Gasteiger partial charge in [0.05, 0.1) is 10.9 Å². The fraction of sp³-hybridized carbons (Fsp3) is 0.533. The van der Waals surface area contributed by atoms with E-state index in [4.69, 9.17) is 24.7 Å². The number of aliphatic imine (C=N–C) groups is 1. The van der Waals surface area contributed by atoms with E-state index in [2.05, 4.69) is 32.5 Å². The minimum absolute atomic E-state index is 0.0740. The summed E-state index contributed by atoms with van der Waals surface area (Å²) in [6.45, 7) is 18.2. The van der Waals surface area contributed by atoms with Gasteiger partial charge in [0, 0.05) is 25.7 Å². The summed E-state index contributed by atoms with van der Waals surface area (Å²) in [7, 11) is -4.10. The molecule has 5 N–H and O–H groups in total. The number of alkyl carbamates (subject to hydrolysis) is 1. The molecule has 59 heavy (non-hydrogen) atoms. The predicted molar refractivity (Wildman–Crippen MR) is 230 cm³/mol. The number of nitrogens with zero attached hydrogens (tertiary/aromatic N) is 1. The Morgan fingerprint density at radius 2 is 1.54 bits per heavy atom. The quantitative estimate of drug-likeness (QED) is 0.0458. The van der Waals surface area contributed by atoms with Crippen LogP contribution < -0.4 is 25.8 Å². The first kappa shape index (κ1) is 45.4. The fourth-order valence-corrected chi connectivity index (χ4v) is 9.68. The number of hydrogen-bond acceptors (Lipinski definition) is 9. The van der Waals surface area contributed by atoms with Crippen molar-refractivity contribution in [1.29, 1.82) is 0 Å². The van der Waals surface area contributed by atoms with Gasteiger partial charge in [-0.25, -0.2) is 17.9 Å². The minimum Gasteiger partial charge on any atom is -0.487 e. The van der Waals surface area contributed by atoms with Crippen LogP contribution >= 0.6 is 0 Å². The number of fused-ring (bicyclic) bond motifs is 4. The molecular weight excluding hydrogens is 771 g/mol. The third-order valence-corrected chi connectivity index (χ3v) is 12.7. The summed E-state index contributed by atoms with van der Waals surface area (Å²) in [6.07, 6.45) is 1.03. The maximum atomic E-state index is 14.0. The van der Waals surface area contributed by atoms with E-state index in [0.29, 0.717) is 37.2 Å². The number of rotatable bonds is 18. The number of amides is 2. The lowest BCUT2D eigenvalue weighted by Crippen LogP contribution is -2.54. The topological polar surface area (TPSA) is 180 Å². The maximum absolute atomic E-state index is 14.0. The molecular formula is C45H63N5O8S. The highest BCUT2D eigenvalue weighted by Gasteiger charge is 2.35. The van der Waals surface area contributed by atoms with Gasteiger partial charge in [-0.05, 0) is 131 Å². The molecule has 0 unspecified atom stereocenters. The molecule has 3 aromatic rings. The average Bonchev–Trinajstić information content (AvgIpc) is 3.49.